The molecule has 1 N–H and O–H groups in total. The Morgan fingerprint density at radius 3 is 2.10 bits per heavy atom. The molecular weight excluding hydrogens is 254 g/mol. The molecule has 0 atom stereocenters. The van der Waals surface area contributed by atoms with E-state index in [0.29, 0.717) is 5.82 Å². The van der Waals surface area contributed by atoms with E-state index < -0.39 is 0 Å². The van der Waals surface area contributed by atoms with Crippen LogP contribution < -0.4 is 14.8 Å². The third-order valence-corrected chi connectivity index (χ3v) is 2.89. The van der Waals surface area contributed by atoms with E-state index in [1.54, 1.807) is 14.2 Å². The molecule has 5 nitrogen and oxygen atoms in total. The van der Waals surface area contributed by atoms with Gasteiger partial charge in [-0.3, -0.25) is 0 Å². The van der Waals surface area contributed by atoms with Crippen LogP contribution in [0.1, 0.15) is 12.5 Å². The maximum Gasteiger partial charge on any atom is 0.159 e. The summed E-state index contributed by atoms with van der Waals surface area (Å²) >= 11 is 0. The Morgan fingerprint density at radius 2 is 1.60 bits per heavy atom. The average Bonchev–Trinajstić information content (AvgIpc) is 2.52. The van der Waals surface area contributed by atoms with E-state index in [9.17, 15) is 0 Å². The Balaban J connectivity index is 2.26. The molecule has 0 aliphatic heterocycles. The smallest absolute Gasteiger partial charge is 0.159 e. The van der Waals surface area contributed by atoms with Gasteiger partial charge in [0.25, 0.3) is 0 Å². The minimum Gasteiger partial charge on any atom is -0.497 e. The first kappa shape index (κ1) is 14.3. The van der Waals surface area contributed by atoms with Crippen LogP contribution in [0.3, 0.4) is 0 Å². The molecule has 2 rings (SSSR count). The SMILES string of the molecule is CCNCc1cnc(-c2cc(OC)cc(OC)c2)nc1. The van der Waals surface area contributed by atoms with E-state index in [4.69, 9.17) is 9.47 Å². The van der Waals surface area contributed by atoms with Crippen LogP contribution in [-0.4, -0.2) is 30.7 Å². The van der Waals surface area contributed by atoms with E-state index in [2.05, 4.69) is 22.2 Å². The fourth-order valence-electron chi connectivity index (χ4n) is 1.80. The maximum atomic E-state index is 5.25. The van der Waals surface area contributed by atoms with Gasteiger partial charge in [-0.05, 0) is 18.7 Å². The molecule has 2 aromatic rings. The quantitative estimate of drug-likeness (QED) is 0.875. The van der Waals surface area contributed by atoms with E-state index >= 15 is 0 Å². The van der Waals surface area contributed by atoms with Crippen molar-refractivity contribution >= 4 is 0 Å². The van der Waals surface area contributed by atoms with Crippen molar-refractivity contribution in [1.29, 1.82) is 0 Å². The van der Waals surface area contributed by atoms with E-state index in [0.717, 1.165) is 35.7 Å². The topological polar surface area (TPSA) is 56.3 Å². The number of methoxy groups -OCH3 is 2. The molecule has 0 saturated heterocycles. The second kappa shape index (κ2) is 6.86. The summed E-state index contributed by atoms with van der Waals surface area (Å²) in [6.45, 7) is 3.77. The van der Waals surface area contributed by atoms with Crippen molar-refractivity contribution in [2.24, 2.45) is 0 Å². The second-order valence-corrected chi connectivity index (χ2v) is 4.30. The lowest BCUT2D eigenvalue weighted by atomic mass is 10.2. The summed E-state index contributed by atoms with van der Waals surface area (Å²) in [5.41, 5.74) is 1.93. The molecule has 0 unspecified atom stereocenters. The minimum absolute atomic E-state index is 0.655. The zero-order valence-corrected chi connectivity index (χ0v) is 12.0. The second-order valence-electron chi connectivity index (χ2n) is 4.30. The highest BCUT2D eigenvalue weighted by molar-refractivity contribution is 5.60. The molecule has 106 valence electrons. The van der Waals surface area contributed by atoms with Gasteiger partial charge >= 0.3 is 0 Å². The molecule has 20 heavy (non-hydrogen) atoms. The molecular formula is C15H19N3O2. The Kier molecular flexibility index (Phi) is 4.90. The number of ether oxygens (including phenoxy) is 2. The number of rotatable bonds is 6. The predicted octanol–water partition coefficient (Wildman–Crippen LogP) is 2.27. The van der Waals surface area contributed by atoms with Crippen LogP contribution in [0, 0.1) is 0 Å². The Bertz CT molecular complexity index is 533. The highest BCUT2D eigenvalue weighted by Crippen LogP contribution is 2.27. The molecule has 0 bridgehead atoms. The third kappa shape index (κ3) is 3.45. The lowest BCUT2D eigenvalue weighted by Gasteiger charge is -2.08. The normalized spacial score (nSPS) is 10.3. The Hall–Kier alpha value is -2.14. The summed E-state index contributed by atoms with van der Waals surface area (Å²) in [5, 5.41) is 3.24. The van der Waals surface area contributed by atoms with Crippen molar-refractivity contribution in [2.45, 2.75) is 13.5 Å². The van der Waals surface area contributed by atoms with Crippen LogP contribution in [-0.2, 0) is 6.54 Å². The average molecular weight is 273 g/mol. The number of aromatic nitrogens is 2. The first-order chi connectivity index (χ1) is 9.76. The highest BCUT2D eigenvalue weighted by atomic mass is 16.5. The first-order valence-electron chi connectivity index (χ1n) is 6.52. The summed E-state index contributed by atoms with van der Waals surface area (Å²) in [6, 6.07) is 5.60. The summed E-state index contributed by atoms with van der Waals surface area (Å²) < 4.78 is 10.5. The summed E-state index contributed by atoms with van der Waals surface area (Å²) in [7, 11) is 3.25. The minimum atomic E-state index is 0.655. The van der Waals surface area contributed by atoms with Crippen molar-refractivity contribution in [3.63, 3.8) is 0 Å². The number of nitrogens with one attached hydrogen (secondary N) is 1. The highest BCUT2D eigenvalue weighted by Gasteiger charge is 2.06. The van der Waals surface area contributed by atoms with E-state index in [1.165, 1.54) is 0 Å². The van der Waals surface area contributed by atoms with Crippen LogP contribution in [0.15, 0.2) is 30.6 Å². The third-order valence-electron chi connectivity index (χ3n) is 2.89. The molecule has 0 spiro atoms. The van der Waals surface area contributed by atoms with Crippen LogP contribution in [0.4, 0.5) is 0 Å². The first-order valence-corrected chi connectivity index (χ1v) is 6.52. The molecule has 0 amide bonds. The van der Waals surface area contributed by atoms with Gasteiger partial charge in [-0.1, -0.05) is 6.92 Å². The molecule has 0 aliphatic rings. The number of hydrogen-bond donors (Lipinski definition) is 1. The van der Waals surface area contributed by atoms with Gasteiger partial charge in [0, 0.05) is 36.1 Å². The van der Waals surface area contributed by atoms with Gasteiger partial charge in [0.2, 0.25) is 0 Å². The summed E-state index contributed by atoms with van der Waals surface area (Å²) in [5.74, 6) is 2.10. The fraction of sp³-hybridized carbons (Fsp3) is 0.333. The largest absolute Gasteiger partial charge is 0.497 e. The molecule has 1 aromatic heterocycles. The van der Waals surface area contributed by atoms with Gasteiger partial charge < -0.3 is 14.8 Å². The fourth-order valence-corrected chi connectivity index (χ4v) is 1.80. The number of hydrogen-bond acceptors (Lipinski definition) is 5. The predicted molar refractivity (Wildman–Crippen MR) is 78.0 cm³/mol. The van der Waals surface area contributed by atoms with Gasteiger partial charge in [-0.2, -0.15) is 0 Å². The van der Waals surface area contributed by atoms with Gasteiger partial charge in [-0.15, -0.1) is 0 Å². The van der Waals surface area contributed by atoms with Gasteiger partial charge in [-0.25, -0.2) is 9.97 Å². The van der Waals surface area contributed by atoms with Gasteiger partial charge in [0.15, 0.2) is 5.82 Å². The lowest BCUT2D eigenvalue weighted by molar-refractivity contribution is 0.394. The molecule has 5 heteroatoms. The van der Waals surface area contributed by atoms with Crippen molar-refractivity contribution in [3.05, 3.63) is 36.2 Å². The molecule has 0 radical (unpaired) electrons. The van der Waals surface area contributed by atoms with Gasteiger partial charge in [0.1, 0.15) is 11.5 Å². The molecule has 1 aromatic carbocycles. The summed E-state index contributed by atoms with van der Waals surface area (Å²) in [4.78, 5) is 8.78. The van der Waals surface area contributed by atoms with Crippen LogP contribution in [0.5, 0.6) is 11.5 Å². The lowest BCUT2D eigenvalue weighted by Crippen LogP contribution is -2.12. The maximum absolute atomic E-state index is 5.25. The van der Waals surface area contributed by atoms with Crippen LogP contribution in [0.2, 0.25) is 0 Å². The number of nitrogens with zero attached hydrogens (tertiary/aromatic N) is 2. The Morgan fingerprint density at radius 1 is 1.00 bits per heavy atom. The van der Waals surface area contributed by atoms with Crippen molar-refractivity contribution in [1.82, 2.24) is 15.3 Å². The molecule has 0 saturated carbocycles. The molecule has 0 fully saturated rings. The van der Waals surface area contributed by atoms with Crippen LogP contribution in [0.25, 0.3) is 11.4 Å². The zero-order valence-electron chi connectivity index (χ0n) is 12.0. The summed E-state index contributed by atoms with van der Waals surface area (Å²) in [6.07, 6.45) is 3.66. The van der Waals surface area contributed by atoms with Crippen molar-refractivity contribution in [2.75, 3.05) is 20.8 Å². The van der Waals surface area contributed by atoms with Crippen molar-refractivity contribution < 1.29 is 9.47 Å². The molecule has 0 aliphatic carbocycles. The van der Waals surface area contributed by atoms with Crippen LogP contribution >= 0.6 is 0 Å². The Labute approximate surface area is 119 Å². The molecule has 1 heterocycles. The zero-order chi connectivity index (χ0) is 14.4. The van der Waals surface area contributed by atoms with Crippen molar-refractivity contribution in [3.8, 4) is 22.9 Å². The van der Waals surface area contributed by atoms with E-state index in [-0.39, 0.29) is 0 Å². The standard InChI is InChI=1S/C15H19N3O2/c1-4-16-8-11-9-17-15(18-10-11)12-5-13(19-2)7-14(6-12)20-3/h5-7,9-10,16H,4,8H2,1-3H3. The number of benzene rings is 1. The monoisotopic (exact) mass is 273 g/mol. The van der Waals surface area contributed by atoms with E-state index in [1.807, 2.05) is 30.6 Å². The van der Waals surface area contributed by atoms with Gasteiger partial charge in [0.05, 0.1) is 14.2 Å².